The molecule has 1 saturated carbocycles. The third-order valence-electron chi connectivity index (χ3n) is 7.87. The summed E-state index contributed by atoms with van der Waals surface area (Å²) in [6, 6.07) is 9.60. The summed E-state index contributed by atoms with van der Waals surface area (Å²) >= 11 is 0. The summed E-state index contributed by atoms with van der Waals surface area (Å²) in [6.07, 6.45) is 7.64. The fourth-order valence-electron chi connectivity index (χ4n) is 6.32. The van der Waals surface area contributed by atoms with Gasteiger partial charge in [0.1, 0.15) is 5.82 Å². The summed E-state index contributed by atoms with van der Waals surface area (Å²) in [5.74, 6) is 0.866. The van der Waals surface area contributed by atoms with E-state index >= 15 is 0 Å². The number of nitrogens with two attached hydrogens (primary N) is 1. The number of aliphatic imine (C=N–C) groups is 1. The van der Waals surface area contributed by atoms with Crippen molar-refractivity contribution in [1.82, 2.24) is 14.9 Å². The van der Waals surface area contributed by atoms with Crippen molar-refractivity contribution < 1.29 is 9.53 Å². The third-order valence-corrected chi connectivity index (χ3v) is 7.87. The van der Waals surface area contributed by atoms with Gasteiger partial charge in [0.25, 0.3) is 5.91 Å². The van der Waals surface area contributed by atoms with Crippen LogP contribution < -0.4 is 5.73 Å². The van der Waals surface area contributed by atoms with Gasteiger partial charge in [-0.05, 0) is 60.9 Å². The van der Waals surface area contributed by atoms with Gasteiger partial charge >= 0.3 is 0 Å². The van der Waals surface area contributed by atoms with Crippen LogP contribution in [-0.2, 0) is 28.0 Å². The molecule has 8 nitrogen and oxygen atoms in total. The third kappa shape index (κ3) is 3.06. The normalized spacial score (nSPS) is 30.5. The monoisotopic (exact) mass is 444 g/mol. The minimum atomic E-state index is -1.14. The molecule has 33 heavy (non-hydrogen) atoms. The zero-order valence-electron chi connectivity index (χ0n) is 19.0. The zero-order valence-corrected chi connectivity index (χ0v) is 19.0. The van der Waals surface area contributed by atoms with E-state index < -0.39 is 11.0 Å². The molecule has 5 rings (SSSR count). The summed E-state index contributed by atoms with van der Waals surface area (Å²) in [4.78, 5) is 29.3. The van der Waals surface area contributed by atoms with E-state index in [0.717, 1.165) is 43.2 Å². The molecule has 1 aliphatic heterocycles. The van der Waals surface area contributed by atoms with E-state index in [4.69, 9.17) is 15.5 Å². The molecule has 2 aromatic rings. The second-order valence-electron chi connectivity index (χ2n) is 9.36. The number of methoxy groups -OCH3 is 1. The van der Waals surface area contributed by atoms with E-state index in [-0.39, 0.29) is 24.5 Å². The first-order valence-corrected chi connectivity index (χ1v) is 11.5. The number of rotatable bonds is 4. The first-order chi connectivity index (χ1) is 16.0. The van der Waals surface area contributed by atoms with Crippen molar-refractivity contribution in [2.45, 2.75) is 57.2 Å². The molecule has 3 aliphatic rings. The van der Waals surface area contributed by atoms with Crippen molar-refractivity contribution in [1.29, 1.82) is 5.26 Å². The molecular weight excluding hydrogens is 416 g/mol. The highest BCUT2D eigenvalue weighted by atomic mass is 16.5. The minimum Gasteiger partial charge on any atom is -0.381 e. The number of nitrogens with zero attached hydrogens (tertiary/aromatic N) is 5. The molecule has 0 bridgehead atoms. The molecular formula is C25H28N6O2. The van der Waals surface area contributed by atoms with Gasteiger partial charge in [0.15, 0.2) is 11.5 Å². The molecule has 2 aliphatic carbocycles. The molecule has 0 saturated heterocycles. The number of ether oxygens (including phenoxy) is 1. The Balaban J connectivity index is 1.64. The quantitative estimate of drug-likeness (QED) is 0.775. The van der Waals surface area contributed by atoms with Crippen LogP contribution in [0.15, 0.2) is 41.7 Å². The molecule has 1 aromatic carbocycles. The topological polar surface area (TPSA) is 117 Å². The Hall–Kier alpha value is -3.31. The van der Waals surface area contributed by atoms with Crippen LogP contribution in [0.5, 0.6) is 0 Å². The Morgan fingerprint density at radius 1 is 1.33 bits per heavy atom. The molecule has 1 unspecified atom stereocenters. The minimum absolute atomic E-state index is 0.146. The number of carbonyl (C=O) groups is 1. The second-order valence-corrected chi connectivity index (χ2v) is 9.36. The van der Waals surface area contributed by atoms with Gasteiger partial charge in [0.2, 0.25) is 0 Å². The SMILES string of the molecule is CC[C@@H]1C[C@]2(CC[C@H]1OC)Cc1ccc(C#N)cc1C21N=C(N)N(Cc2ncccn2)C1=O. The smallest absolute Gasteiger partial charge is 0.262 e. The van der Waals surface area contributed by atoms with Crippen LogP contribution in [-0.4, -0.2) is 39.9 Å². The van der Waals surface area contributed by atoms with Crippen molar-refractivity contribution in [3.63, 3.8) is 0 Å². The molecule has 170 valence electrons. The summed E-state index contributed by atoms with van der Waals surface area (Å²) in [5, 5.41) is 9.57. The lowest BCUT2D eigenvalue weighted by atomic mass is 9.58. The summed E-state index contributed by atoms with van der Waals surface area (Å²) in [5.41, 5.74) is 7.28. The lowest BCUT2D eigenvalue weighted by molar-refractivity contribution is -0.140. The molecule has 8 heteroatoms. The maximum Gasteiger partial charge on any atom is 0.262 e. The van der Waals surface area contributed by atoms with E-state index in [2.05, 4.69) is 23.0 Å². The number of amides is 1. The number of hydrogen-bond donors (Lipinski definition) is 1. The number of aromatic nitrogens is 2. The van der Waals surface area contributed by atoms with Gasteiger partial charge in [-0.2, -0.15) is 5.26 Å². The van der Waals surface area contributed by atoms with Gasteiger partial charge in [0.05, 0.1) is 24.3 Å². The predicted molar refractivity (Wildman–Crippen MR) is 122 cm³/mol. The van der Waals surface area contributed by atoms with E-state index in [1.54, 1.807) is 25.6 Å². The summed E-state index contributed by atoms with van der Waals surface area (Å²) in [6.45, 7) is 2.34. The Kier molecular flexibility index (Phi) is 5.17. The first kappa shape index (κ1) is 21.5. The van der Waals surface area contributed by atoms with Gasteiger partial charge in [-0.1, -0.05) is 19.4 Å². The van der Waals surface area contributed by atoms with Crippen molar-refractivity contribution in [2.24, 2.45) is 22.1 Å². The lowest BCUT2D eigenvalue weighted by Crippen LogP contribution is -2.53. The molecule has 2 spiro atoms. The maximum atomic E-state index is 14.3. The van der Waals surface area contributed by atoms with Crippen molar-refractivity contribution >= 4 is 11.9 Å². The highest BCUT2D eigenvalue weighted by Crippen LogP contribution is 2.63. The molecule has 4 atom stereocenters. The Morgan fingerprint density at radius 3 is 2.82 bits per heavy atom. The van der Waals surface area contributed by atoms with Gasteiger partial charge in [0, 0.05) is 24.9 Å². The van der Waals surface area contributed by atoms with Crippen molar-refractivity contribution in [3.8, 4) is 6.07 Å². The Labute approximate surface area is 193 Å². The van der Waals surface area contributed by atoms with E-state index in [1.165, 1.54) is 4.90 Å². The van der Waals surface area contributed by atoms with Crippen LogP contribution in [0.25, 0.3) is 0 Å². The maximum absolute atomic E-state index is 14.3. The number of hydrogen-bond acceptors (Lipinski definition) is 7. The molecule has 2 heterocycles. The second kappa shape index (κ2) is 7.92. The standard InChI is InChI=1S/C25H28N6O2/c1-3-17-12-24(8-7-20(17)33-2)13-18-6-5-16(14-26)11-19(18)25(24)22(32)31(23(27)30-25)15-21-28-9-4-10-29-21/h4-6,9-11,17,20H,3,7-8,12-13,15H2,1-2H3,(H2,27,30)/t17-,20-,24-,25?/m1/s1. The average Bonchev–Trinajstić information content (AvgIpc) is 3.25. The highest BCUT2D eigenvalue weighted by Gasteiger charge is 2.67. The molecule has 0 radical (unpaired) electrons. The highest BCUT2D eigenvalue weighted by molar-refractivity contribution is 6.08. The van der Waals surface area contributed by atoms with Crippen molar-refractivity contribution in [3.05, 3.63) is 59.2 Å². The largest absolute Gasteiger partial charge is 0.381 e. The Morgan fingerprint density at radius 2 is 2.12 bits per heavy atom. The van der Waals surface area contributed by atoms with Gasteiger partial charge in [-0.3, -0.25) is 9.69 Å². The molecule has 1 amide bonds. The Bertz CT molecular complexity index is 1160. The van der Waals surface area contributed by atoms with Crippen LogP contribution in [0, 0.1) is 22.7 Å². The number of nitriles is 1. The molecule has 2 N–H and O–H groups in total. The lowest BCUT2D eigenvalue weighted by Gasteiger charge is -2.48. The van der Waals surface area contributed by atoms with Crippen LogP contribution in [0.3, 0.4) is 0 Å². The number of benzene rings is 1. The molecule has 1 aromatic heterocycles. The predicted octanol–water partition coefficient (Wildman–Crippen LogP) is 2.67. The first-order valence-electron chi connectivity index (χ1n) is 11.5. The van der Waals surface area contributed by atoms with Crippen molar-refractivity contribution in [2.75, 3.05) is 7.11 Å². The van der Waals surface area contributed by atoms with Gasteiger partial charge in [-0.15, -0.1) is 0 Å². The van der Waals surface area contributed by atoms with Crippen LogP contribution >= 0.6 is 0 Å². The average molecular weight is 445 g/mol. The number of fused-ring (bicyclic) bond motifs is 3. The van der Waals surface area contributed by atoms with E-state index in [0.29, 0.717) is 17.3 Å². The summed E-state index contributed by atoms with van der Waals surface area (Å²) in [7, 11) is 1.77. The van der Waals surface area contributed by atoms with Crippen LogP contribution in [0.1, 0.15) is 55.1 Å². The van der Waals surface area contributed by atoms with Crippen LogP contribution in [0.2, 0.25) is 0 Å². The van der Waals surface area contributed by atoms with E-state index in [1.807, 2.05) is 18.2 Å². The zero-order chi connectivity index (χ0) is 23.2. The summed E-state index contributed by atoms with van der Waals surface area (Å²) < 4.78 is 5.79. The molecule has 1 fully saturated rings. The van der Waals surface area contributed by atoms with E-state index in [9.17, 15) is 10.1 Å². The fourth-order valence-corrected chi connectivity index (χ4v) is 6.32. The van der Waals surface area contributed by atoms with Gasteiger partial charge in [-0.25, -0.2) is 15.0 Å². The number of guanidine groups is 1. The fraction of sp³-hybridized carbons (Fsp3) is 0.480. The van der Waals surface area contributed by atoms with Gasteiger partial charge < -0.3 is 10.5 Å². The number of carbonyl (C=O) groups excluding carboxylic acids is 1. The van der Waals surface area contributed by atoms with Crippen LogP contribution in [0.4, 0.5) is 0 Å².